The van der Waals surface area contributed by atoms with Crippen molar-refractivity contribution < 1.29 is 28.5 Å². The number of aromatic hydroxyl groups is 1. The van der Waals surface area contributed by atoms with Gasteiger partial charge in [-0.2, -0.15) is 0 Å². The van der Waals surface area contributed by atoms with Crippen LogP contribution in [0.5, 0.6) is 5.75 Å². The number of phenols is 1. The van der Waals surface area contributed by atoms with Crippen LogP contribution < -0.4 is 0 Å². The topological polar surface area (TPSA) is 71.7 Å². The van der Waals surface area contributed by atoms with Gasteiger partial charge in [0.1, 0.15) is 17.4 Å². The Hall–Kier alpha value is -3.71. The highest BCUT2D eigenvalue weighted by molar-refractivity contribution is 6.04. The van der Waals surface area contributed by atoms with Crippen LogP contribution in [0.15, 0.2) is 60.7 Å². The van der Waals surface area contributed by atoms with Gasteiger partial charge in [-0.3, -0.25) is 0 Å². The van der Waals surface area contributed by atoms with Gasteiger partial charge in [0.05, 0.1) is 17.7 Å². The summed E-state index contributed by atoms with van der Waals surface area (Å²) in [5, 5.41) is 20.6. The zero-order chi connectivity index (χ0) is 23.9. The summed E-state index contributed by atoms with van der Waals surface area (Å²) < 4.78 is 35.8. The Labute approximate surface area is 189 Å². The van der Waals surface area contributed by atoms with E-state index in [0.717, 1.165) is 6.07 Å². The number of fused-ring (bicyclic) bond motifs is 1. The van der Waals surface area contributed by atoms with Crippen molar-refractivity contribution in [2.24, 2.45) is 0 Å². The summed E-state index contributed by atoms with van der Waals surface area (Å²) in [5.74, 6) is -2.65. The summed E-state index contributed by atoms with van der Waals surface area (Å²) in [5.41, 5.74) is 1.87. The van der Waals surface area contributed by atoms with Gasteiger partial charge in [0, 0.05) is 34.9 Å². The molecule has 0 saturated heterocycles. The van der Waals surface area contributed by atoms with E-state index < -0.39 is 22.8 Å². The van der Waals surface area contributed by atoms with Crippen LogP contribution in [0.25, 0.3) is 27.7 Å². The normalized spacial score (nSPS) is 11.8. The smallest absolute Gasteiger partial charge is 0.338 e. The fourth-order valence-electron chi connectivity index (χ4n) is 4.38. The number of benzene rings is 3. The number of methoxy groups -OCH3 is 1. The SMILES string of the molecule is COCC(C)(C)c1c(-c2ccc(C(=O)O)c(F)c2)c2c(O)cccc2n1-c1ccc(F)cc1. The van der Waals surface area contributed by atoms with Crippen LogP contribution in [0.1, 0.15) is 29.9 Å². The maximum Gasteiger partial charge on any atom is 0.338 e. The van der Waals surface area contributed by atoms with Crippen LogP contribution >= 0.6 is 0 Å². The van der Waals surface area contributed by atoms with Gasteiger partial charge < -0.3 is 19.5 Å². The van der Waals surface area contributed by atoms with Gasteiger partial charge in [-0.25, -0.2) is 13.6 Å². The monoisotopic (exact) mass is 451 g/mol. The van der Waals surface area contributed by atoms with E-state index in [4.69, 9.17) is 4.74 Å². The average molecular weight is 451 g/mol. The van der Waals surface area contributed by atoms with Gasteiger partial charge in [-0.05, 0) is 54.1 Å². The number of carbonyl (C=O) groups is 1. The largest absolute Gasteiger partial charge is 0.507 e. The lowest BCUT2D eigenvalue weighted by Gasteiger charge is -2.28. The Kier molecular flexibility index (Phi) is 5.68. The number of aromatic nitrogens is 1. The molecular weight excluding hydrogens is 428 g/mol. The zero-order valence-electron chi connectivity index (χ0n) is 18.4. The van der Waals surface area contributed by atoms with Gasteiger partial charge in [0.2, 0.25) is 0 Å². The van der Waals surface area contributed by atoms with Gasteiger partial charge in [0.25, 0.3) is 0 Å². The molecule has 0 amide bonds. The van der Waals surface area contributed by atoms with E-state index in [1.54, 1.807) is 25.3 Å². The van der Waals surface area contributed by atoms with Gasteiger partial charge in [-0.1, -0.05) is 26.0 Å². The highest BCUT2D eigenvalue weighted by Crippen LogP contribution is 2.46. The fourth-order valence-corrected chi connectivity index (χ4v) is 4.38. The Morgan fingerprint density at radius 3 is 2.36 bits per heavy atom. The van der Waals surface area contributed by atoms with Crippen LogP contribution in [0, 0.1) is 11.6 Å². The molecule has 7 heteroatoms. The molecule has 0 radical (unpaired) electrons. The summed E-state index contributed by atoms with van der Waals surface area (Å²) in [4.78, 5) is 11.3. The second kappa shape index (κ2) is 8.33. The fraction of sp³-hybridized carbons (Fsp3) is 0.192. The quantitative estimate of drug-likeness (QED) is 0.383. The maximum absolute atomic E-state index is 14.7. The first-order valence-electron chi connectivity index (χ1n) is 10.3. The van der Waals surface area contributed by atoms with E-state index in [9.17, 15) is 23.8 Å². The number of rotatable bonds is 6. The first-order valence-corrected chi connectivity index (χ1v) is 10.3. The van der Waals surface area contributed by atoms with Crippen molar-refractivity contribution >= 4 is 16.9 Å². The molecule has 0 spiro atoms. The van der Waals surface area contributed by atoms with Crippen molar-refractivity contribution in [2.75, 3.05) is 13.7 Å². The molecule has 4 rings (SSSR count). The van der Waals surface area contributed by atoms with Gasteiger partial charge >= 0.3 is 5.97 Å². The van der Waals surface area contributed by atoms with E-state index >= 15 is 0 Å². The molecule has 1 aromatic heterocycles. The minimum absolute atomic E-state index is 0.0134. The number of phenolic OH excluding ortho intramolecular Hbond substituents is 1. The third-order valence-corrected chi connectivity index (χ3v) is 5.69. The average Bonchev–Trinajstić information content (AvgIpc) is 3.11. The molecule has 3 aromatic carbocycles. The van der Waals surface area contributed by atoms with E-state index in [0.29, 0.717) is 40.0 Å². The Bertz CT molecular complexity index is 1360. The van der Waals surface area contributed by atoms with Crippen molar-refractivity contribution in [2.45, 2.75) is 19.3 Å². The van der Waals surface area contributed by atoms with Crippen molar-refractivity contribution in [1.82, 2.24) is 4.57 Å². The predicted octanol–water partition coefficient (Wildman–Crippen LogP) is 5.90. The van der Waals surface area contributed by atoms with E-state index in [2.05, 4.69) is 0 Å². The lowest BCUT2D eigenvalue weighted by Crippen LogP contribution is -2.27. The van der Waals surface area contributed by atoms with E-state index in [1.165, 1.54) is 30.3 Å². The maximum atomic E-state index is 14.7. The Balaban J connectivity index is 2.17. The standard InChI is InChI=1S/C26H23F2NO4/c1-26(2,14-33-3)24-22(15-7-12-18(25(31)32)19(28)13-15)23-20(5-4-6-21(23)30)29(24)17-10-8-16(27)9-11-17/h4-13,30H,14H2,1-3H3,(H,31,32). The molecule has 1 heterocycles. The minimum atomic E-state index is -1.37. The summed E-state index contributed by atoms with van der Waals surface area (Å²) >= 11 is 0. The predicted molar refractivity (Wildman–Crippen MR) is 122 cm³/mol. The van der Waals surface area contributed by atoms with Crippen LogP contribution in [0.4, 0.5) is 8.78 Å². The number of hydrogen-bond donors (Lipinski definition) is 2. The van der Waals surface area contributed by atoms with Crippen molar-refractivity contribution in [3.8, 4) is 22.6 Å². The number of carboxylic acid groups (broad SMARTS) is 1. The first kappa shape index (κ1) is 22.5. The Morgan fingerprint density at radius 1 is 1.06 bits per heavy atom. The lowest BCUT2D eigenvalue weighted by atomic mass is 9.84. The molecule has 0 atom stereocenters. The zero-order valence-corrected chi connectivity index (χ0v) is 18.4. The molecule has 0 aliphatic carbocycles. The third-order valence-electron chi connectivity index (χ3n) is 5.69. The van der Waals surface area contributed by atoms with Crippen molar-refractivity contribution in [3.63, 3.8) is 0 Å². The molecule has 170 valence electrons. The van der Waals surface area contributed by atoms with Crippen LogP contribution in [0.3, 0.4) is 0 Å². The molecule has 0 aliphatic heterocycles. The third kappa shape index (κ3) is 3.85. The van der Waals surface area contributed by atoms with E-state index in [-0.39, 0.29) is 11.6 Å². The second-order valence-corrected chi connectivity index (χ2v) is 8.52. The summed E-state index contributed by atoms with van der Waals surface area (Å²) in [6, 6.07) is 14.9. The number of halogens is 2. The molecule has 2 N–H and O–H groups in total. The number of nitrogens with zero attached hydrogens (tertiary/aromatic N) is 1. The molecule has 5 nitrogen and oxygen atoms in total. The van der Waals surface area contributed by atoms with Crippen LogP contribution in [-0.4, -0.2) is 34.5 Å². The Morgan fingerprint density at radius 2 is 1.76 bits per heavy atom. The molecule has 0 aliphatic rings. The van der Waals surface area contributed by atoms with Crippen LogP contribution in [0.2, 0.25) is 0 Å². The summed E-state index contributed by atoms with van der Waals surface area (Å²) in [7, 11) is 1.57. The highest BCUT2D eigenvalue weighted by atomic mass is 19.1. The lowest BCUT2D eigenvalue weighted by molar-refractivity contribution is 0.0692. The highest BCUT2D eigenvalue weighted by Gasteiger charge is 2.33. The number of ether oxygens (including phenoxy) is 1. The van der Waals surface area contributed by atoms with Gasteiger partial charge in [-0.15, -0.1) is 0 Å². The number of hydrogen-bond acceptors (Lipinski definition) is 3. The van der Waals surface area contributed by atoms with Gasteiger partial charge in [0.15, 0.2) is 0 Å². The van der Waals surface area contributed by atoms with Crippen LogP contribution in [-0.2, 0) is 10.2 Å². The summed E-state index contributed by atoms with van der Waals surface area (Å²) in [6.07, 6.45) is 0. The summed E-state index contributed by atoms with van der Waals surface area (Å²) in [6.45, 7) is 4.20. The van der Waals surface area contributed by atoms with Crippen molar-refractivity contribution in [3.05, 3.63) is 83.6 Å². The van der Waals surface area contributed by atoms with E-state index in [1.807, 2.05) is 24.5 Å². The minimum Gasteiger partial charge on any atom is -0.507 e. The molecule has 0 unspecified atom stereocenters. The molecular formula is C26H23F2NO4. The molecule has 0 fully saturated rings. The number of carboxylic acids is 1. The van der Waals surface area contributed by atoms with Crippen molar-refractivity contribution in [1.29, 1.82) is 0 Å². The molecule has 4 aromatic rings. The second-order valence-electron chi connectivity index (χ2n) is 8.52. The first-order chi connectivity index (χ1) is 15.7. The number of aromatic carboxylic acids is 1. The molecule has 0 saturated carbocycles. The molecule has 0 bridgehead atoms. The molecule has 33 heavy (non-hydrogen) atoms.